The van der Waals surface area contributed by atoms with Crippen molar-refractivity contribution in [1.82, 2.24) is 4.98 Å². The average Bonchev–Trinajstić information content (AvgIpc) is 2.32. The van der Waals surface area contributed by atoms with E-state index in [0.29, 0.717) is 0 Å². The first-order valence-electron chi connectivity index (χ1n) is 4.60. The van der Waals surface area contributed by atoms with Gasteiger partial charge in [0.25, 0.3) is 0 Å². The lowest BCUT2D eigenvalue weighted by Gasteiger charge is -2.13. The summed E-state index contributed by atoms with van der Waals surface area (Å²) in [6, 6.07) is 0.204. The lowest BCUT2D eigenvalue weighted by Crippen LogP contribution is -2.18. The number of nitrogens with two attached hydrogens (primary N) is 1. The fourth-order valence-corrected chi connectivity index (χ4v) is 2.00. The highest BCUT2D eigenvalue weighted by Crippen LogP contribution is 2.25. The SMILES string of the molecule is CC(N)Cc1csc(C(C)(C)C)n1. The van der Waals surface area contributed by atoms with Gasteiger partial charge in [0.1, 0.15) is 0 Å². The lowest BCUT2D eigenvalue weighted by atomic mass is 9.98. The first-order valence-corrected chi connectivity index (χ1v) is 5.48. The summed E-state index contributed by atoms with van der Waals surface area (Å²) < 4.78 is 0. The van der Waals surface area contributed by atoms with E-state index >= 15 is 0 Å². The van der Waals surface area contributed by atoms with Gasteiger partial charge in [-0.15, -0.1) is 11.3 Å². The molecule has 0 aliphatic carbocycles. The Morgan fingerprint density at radius 2 is 2.15 bits per heavy atom. The van der Waals surface area contributed by atoms with Crippen molar-refractivity contribution in [3.8, 4) is 0 Å². The van der Waals surface area contributed by atoms with Crippen LogP contribution in [0.1, 0.15) is 38.4 Å². The molecule has 2 nitrogen and oxygen atoms in total. The molecule has 0 aliphatic rings. The van der Waals surface area contributed by atoms with Crippen molar-refractivity contribution in [3.05, 3.63) is 16.1 Å². The molecule has 1 aromatic heterocycles. The molecule has 0 aliphatic heterocycles. The van der Waals surface area contributed by atoms with Gasteiger partial charge >= 0.3 is 0 Å². The van der Waals surface area contributed by atoms with Gasteiger partial charge < -0.3 is 5.73 Å². The third-order valence-electron chi connectivity index (χ3n) is 1.72. The molecule has 0 fully saturated rings. The Morgan fingerprint density at radius 3 is 2.54 bits per heavy atom. The summed E-state index contributed by atoms with van der Waals surface area (Å²) in [6.07, 6.45) is 0.882. The monoisotopic (exact) mass is 198 g/mol. The van der Waals surface area contributed by atoms with E-state index < -0.39 is 0 Å². The lowest BCUT2D eigenvalue weighted by molar-refractivity contribution is 0.581. The maximum Gasteiger partial charge on any atom is 0.0981 e. The summed E-state index contributed by atoms with van der Waals surface area (Å²) in [5, 5.41) is 3.31. The number of hydrogen-bond acceptors (Lipinski definition) is 3. The number of hydrogen-bond donors (Lipinski definition) is 1. The van der Waals surface area contributed by atoms with Crippen molar-refractivity contribution in [2.45, 2.75) is 45.6 Å². The van der Waals surface area contributed by atoms with E-state index in [0.717, 1.165) is 12.1 Å². The van der Waals surface area contributed by atoms with Crippen LogP contribution in [0.5, 0.6) is 0 Å². The largest absolute Gasteiger partial charge is 0.328 e. The van der Waals surface area contributed by atoms with E-state index in [1.54, 1.807) is 11.3 Å². The summed E-state index contributed by atoms with van der Waals surface area (Å²) in [4.78, 5) is 4.56. The third kappa shape index (κ3) is 3.08. The molecule has 13 heavy (non-hydrogen) atoms. The highest BCUT2D eigenvalue weighted by molar-refractivity contribution is 7.09. The summed E-state index contributed by atoms with van der Waals surface area (Å²) >= 11 is 1.73. The van der Waals surface area contributed by atoms with Crippen LogP contribution < -0.4 is 5.73 Å². The van der Waals surface area contributed by atoms with E-state index in [9.17, 15) is 0 Å². The van der Waals surface area contributed by atoms with Crippen LogP contribution in [0.25, 0.3) is 0 Å². The predicted octanol–water partition coefficient (Wildman–Crippen LogP) is 2.33. The molecule has 1 heterocycles. The Labute approximate surface area is 84.2 Å². The molecule has 0 spiro atoms. The molecule has 74 valence electrons. The van der Waals surface area contributed by atoms with Crippen molar-refractivity contribution in [2.24, 2.45) is 5.73 Å². The summed E-state index contributed by atoms with van der Waals surface area (Å²) in [5.41, 5.74) is 7.00. The molecule has 1 rings (SSSR count). The predicted molar refractivity (Wildman–Crippen MR) is 58.2 cm³/mol. The molecule has 0 aromatic carbocycles. The molecule has 0 saturated carbocycles. The Bertz CT molecular complexity index is 271. The molecule has 0 saturated heterocycles. The van der Waals surface area contributed by atoms with Gasteiger partial charge in [0.2, 0.25) is 0 Å². The van der Waals surface area contributed by atoms with Gasteiger partial charge in [-0.2, -0.15) is 0 Å². The first kappa shape index (κ1) is 10.7. The van der Waals surface area contributed by atoms with Gasteiger partial charge in [-0.05, 0) is 6.92 Å². The van der Waals surface area contributed by atoms with Crippen LogP contribution >= 0.6 is 11.3 Å². The number of aromatic nitrogens is 1. The Morgan fingerprint density at radius 1 is 1.54 bits per heavy atom. The molecule has 1 atom stereocenters. The highest BCUT2D eigenvalue weighted by Gasteiger charge is 2.17. The van der Waals surface area contributed by atoms with Crippen molar-refractivity contribution < 1.29 is 0 Å². The Hall–Kier alpha value is -0.410. The second-order valence-corrected chi connectivity index (χ2v) is 5.43. The van der Waals surface area contributed by atoms with Crippen molar-refractivity contribution >= 4 is 11.3 Å². The minimum absolute atomic E-state index is 0.167. The van der Waals surface area contributed by atoms with E-state index in [4.69, 9.17) is 5.73 Å². The van der Waals surface area contributed by atoms with Gasteiger partial charge in [-0.1, -0.05) is 20.8 Å². The van der Waals surface area contributed by atoms with Crippen LogP contribution in [-0.4, -0.2) is 11.0 Å². The normalized spacial score (nSPS) is 14.5. The molecular weight excluding hydrogens is 180 g/mol. The van der Waals surface area contributed by atoms with Crippen molar-refractivity contribution in [2.75, 3.05) is 0 Å². The Balaban J connectivity index is 2.75. The van der Waals surface area contributed by atoms with E-state index in [2.05, 4.69) is 31.1 Å². The fourth-order valence-electron chi connectivity index (χ4n) is 1.08. The van der Waals surface area contributed by atoms with Gasteiger partial charge in [0.15, 0.2) is 0 Å². The quantitative estimate of drug-likeness (QED) is 0.792. The van der Waals surface area contributed by atoms with Crippen molar-refractivity contribution in [3.63, 3.8) is 0 Å². The zero-order valence-corrected chi connectivity index (χ0v) is 9.61. The molecule has 3 heteroatoms. The third-order valence-corrected chi connectivity index (χ3v) is 3.04. The fraction of sp³-hybridized carbons (Fsp3) is 0.700. The summed E-state index contributed by atoms with van der Waals surface area (Å²) in [7, 11) is 0. The number of thiazole rings is 1. The van der Waals surface area contributed by atoms with Crippen LogP contribution in [0.15, 0.2) is 5.38 Å². The van der Waals surface area contributed by atoms with Gasteiger partial charge in [0, 0.05) is 23.3 Å². The van der Waals surface area contributed by atoms with Crippen LogP contribution in [0.3, 0.4) is 0 Å². The molecule has 0 radical (unpaired) electrons. The smallest absolute Gasteiger partial charge is 0.0981 e. The molecular formula is C10H18N2S. The average molecular weight is 198 g/mol. The van der Waals surface area contributed by atoms with E-state index in [1.807, 2.05) is 6.92 Å². The van der Waals surface area contributed by atoms with Crippen LogP contribution in [0, 0.1) is 0 Å². The van der Waals surface area contributed by atoms with E-state index in [-0.39, 0.29) is 11.5 Å². The maximum absolute atomic E-state index is 5.71. The van der Waals surface area contributed by atoms with Crippen LogP contribution in [0.2, 0.25) is 0 Å². The second kappa shape index (κ2) is 3.76. The highest BCUT2D eigenvalue weighted by atomic mass is 32.1. The zero-order valence-electron chi connectivity index (χ0n) is 8.79. The van der Waals surface area contributed by atoms with Gasteiger partial charge in [-0.25, -0.2) is 4.98 Å². The summed E-state index contributed by atoms with van der Waals surface area (Å²) in [6.45, 7) is 8.56. The molecule has 0 amide bonds. The van der Waals surface area contributed by atoms with Gasteiger partial charge in [-0.3, -0.25) is 0 Å². The standard InChI is InChI=1S/C10H18N2S/c1-7(11)5-8-6-13-9(12-8)10(2,3)4/h6-7H,5,11H2,1-4H3. The maximum atomic E-state index is 5.71. The summed E-state index contributed by atoms with van der Waals surface area (Å²) in [5.74, 6) is 0. The molecule has 1 unspecified atom stereocenters. The topological polar surface area (TPSA) is 38.9 Å². The second-order valence-electron chi connectivity index (χ2n) is 4.58. The van der Waals surface area contributed by atoms with Crippen LogP contribution in [0.4, 0.5) is 0 Å². The Kier molecular flexibility index (Phi) is 3.09. The van der Waals surface area contributed by atoms with E-state index in [1.165, 1.54) is 5.01 Å². The molecule has 2 N–H and O–H groups in total. The minimum Gasteiger partial charge on any atom is -0.328 e. The minimum atomic E-state index is 0.167. The van der Waals surface area contributed by atoms with Crippen molar-refractivity contribution in [1.29, 1.82) is 0 Å². The molecule has 1 aromatic rings. The molecule has 0 bridgehead atoms. The number of nitrogens with zero attached hydrogens (tertiary/aromatic N) is 1. The zero-order chi connectivity index (χ0) is 10.1. The first-order chi connectivity index (χ1) is 5.89. The number of rotatable bonds is 2. The van der Waals surface area contributed by atoms with Gasteiger partial charge in [0.05, 0.1) is 10.7 Å². The van der Waals surface area contributed by atoms with Crippen LogP contribution in [-0.2, 0) is 11.8 Å².